The maximum Gasteiger partial charge on any atom is 0.257 e. The number of hydrazine groups is 1. The van der Waals surface area contributed by atoms with Crippen molar-refractivity contribution in [3.63, 3.8) is 0 Å². The lowest BCUT2D eigenvalue weighted by molar-refractivity contribution is -0.131. The molecule has 3 N–H and O–H groups in total. The SMILES string of the molecule is Cc1ccc(NCC(=O)NNC(=O)C2CCN(C(=O)c3ccc(Br)cc3)CC2)cc1. The molecule has 1 aliphatic rings. The smallest absolute Gasteiger partial charge is 0.257 e. The Bertz CT molecular complexity index is 892. The van der Waals surface area contributed by atoms with Gasteiger partial charge in [-0.3, -0.25) is 25.2 Å². The van der Waals surface area contributed by atoms with E-state index in [-0.39, 0.29) is 30.2 Å². The van der Waals surface area contributed by atoms with Crippen molar-refractivity contribution in [2.24, 2.45) is 5.92 Å². The van der Waals surface area contributed by atoms with Gasteiger partial charge >= 0.3 is 0 Å². The van der Waals surface area contributed by atoms with Gasteiger partial charge in [-0.05, 0) is 56.2 Å². The van der Waals surface area contributed by atoms with E-state index in [0.29, 0.717) is 31.5 Å². The Balaban J connectivity index is 1.38. The van der Waals surface area contributed by atoms with Gasteiger partial charge in [-0.15, -0.1) is 0 Å². The Morgan fingerprint density at radius 3 is 2.23 bits per heavy atom. The molecule has 3 rings (SSSR count). The number of aryl methyl sites for hydroxylation is 1. The molecule has 30 heavy (non-hydrogen) atoms. The molecule has 0 radical (unpaired) electrons. The first kappa shape index (κ1) is 21.8. The number of carbonyl (C=O) groups excluding carboxylic acids is 3. The van der Waals surface area contributed by atoms with Crippen LogP contribution in [0.25, 0.3) is 0 Å². The van der Waals surface area contributed by atoms with Gasteiger partial charge in [-0.2, -0.15) is 0 Å². The van der Waals surface area contributed by atoms with Crippen LogP contribution < -0.4 is 16.2 Å². The van der Waals surface area contributed by atoms with E-state index >= 15 is 0 Å². The van der Waals surface area contributed by atoms with Gasteiger partial charge in [0, 0.05) is 34.7 Å². The summed E-state index contributed by atoms with van der Waals surface area (Å²) in [6, 6.07) is 14.9. The molecule has 8 heteroatoms. The van der Waals surface area contributed by atoms with E-state index in [1.807, 2.05) is 43.3 Å². The van der Waals surface area contributed by atoms with Crippen LogP contribution in [0.4, 0.5) is 5.69 Å². The van der Waals surface area contributed by atoms with Crippen LogP contribution in [-0.2, 0) is 9.59 Å². The van der Waals surface area contributed by atoms with E-state index in [4.69, 9.17) is 0 Å². The fourth-order valence-electron chi connectivity index (χ4n) is 3.25. The number of piperidine rings is 1. The molecule has 0 aromatic heterocycles. The van der Waals surface area contributed by atoms with Crippen molar-refractivity contribution in [3.8, 4) is 0 Å². The fourth-order valence-corrected chi connectivity index (χ4v) is 3.52. The van der Waals surface area contributed by atoms with Gasteiger partial charge < -0.3 is 10.2 Å². The summed E-state index contributed by atoms with van der Waals surface area (Å²) in [4.78, 5) is 38.6. The zero-order chi connectivity index (χ0) is 21.5. The number of anilines is 1. The third-order valence-corrected chi connectivity index (χ3v) is 5.60. The zero-order valence-electron chi connectivity index (χ0n) is 16.8. The largest absolute Gasteiger partial charge is 0.376 e. The Morgan fingerprint density at radius 2 is 1.60 bits per heavy atom. The van der Waals surface area contributed by atoms with Crippen LogP contribution in [0.5, 0.6) is 0 Å². The summed E-state index contributed by atoms with van der Waals surface area (Å²) < 4.78 is 0.922. The van der Waals surface area contributed by atoms with Gasteiger partial charge in [0.1, 0.15) is 0 Å². The van der Waals surface area contributed by atoms with Crippen molar-refractivity contribution in [3.05, 3.63) is 64.1 Å². The summed E-state index contributed by atoms with van der Waals surface area (Å²) in [5.41, 5.74) is 7.55. The highest BCUT2D eigenvalue weighted by Crippen LogP contribution is 2.20. The van der Waals surface area contributed by atoms with E-state index in [1.54, 1.807) is 17.0 Å². The van der Waals surface area contributed by atoms with E-state index in [2.05, 4.69) is 32.1 Å². The van der Waals surface area contributed by atoms with Crippen LogP contribution in [0.2, 0.25) is 0 Å². The molecule has 1 aliphatic heterocycles. The Morgan fingerprint density at radius 1 is 0.967 bits per heavy atom. The number of rotatable bonds is 5. The summed E-state index contributed by atoms with van der Waals surface area (Å²) in [5, 5.41) is 3.00. The monoisotopic (exact) mass is 472 g/mol. The number of hydrogen-bond donors (Lipinski definition) is 3. The number of nitrogens with one attached hydrogen (secondary N) is 3. The molecule has 158 valence electrons. The highest BCUT2D eigenvalue weighted by atomic mass is 79.9. The van der Waals surface area contributed by atoms with Crippen LogP contribution in [0, 0.1) is 12.8 Å². The molecular weight excluding hydrogens is 448 g/mol. The number of likely N-dealkylation sites (tertiary alicyclic amines) is 1. The molecule has 1 saturated heterocycles. The first-order valence-corrected chi connectivity index (χ1v) is 10.7. The second kappa shape index (κ2) is 10.2. The predicted octanol–water partition coefficient (Wildman–Crippen LogP) is 2.87. The molecule has 7 nitrogen and oxygen atoms in total. The minimum Gasteiger partial charge on any atom is -0.376 e. The second-order valence-electron chi connectivity index (χ2n) is 7.33. The number of amides is 3. The van der Waals surface area contributed by atoms with E-state index < -0.39 is 0 Å². The predicted molar refractivity (Wildman–Crippen MR) is 119 cm³/mol. The van der Waals surface area contributed by atoms with Gasteiger partial charge in [0.25, 0.3) is 11.8 Å². The van der Waals surface area contributed by atoms with Gasteiger partial charge in [0.15, 0.2) is 0 Å². The molecule has 1 heterocycles. The van der Waals surface area contributed by atoms with Crippen molar-refractivity contribution in [2.75, 3.05) is 25.0 Å². The van der Waals surface area contributed by atoms with Gasteiger partial charge in [-0.25, -0.2) is 0 Å². The summed E-state index contributed by atoms with van der Waals surface area (Å²) in [6.45, 7) is 3.07. The average Bonchev–Trinajstić information content (AvgIpc) is 2.77. The number of benzene rings is 2. The maximum absolute atomic E-state index is 12.6. The topological polar surface area (TPSA) is 90.5 Å². The van der Waals surface area contributed by atoms with Crippen LogP contribution in [0.15, 0.2) is 53.0 Å². The fraction of sp³-hybridized carbons (Fsp3) is 0.318. The Kier molecular flexibility index (Phi) is 7.46. The normalized spacial score (nSPS) is 14.1. The number of carbonyl (C=O) groups is 3. The van der Waals surface area contributed by atoms with E-state index in [0.717, 1.165) is 15.7 Å². The minimum absolute atomic E-state index is 0.0307. The van der Waals surface area contributed by atoms with Crippen molar-refractivity contribution < 1.29 is 14.4 Å². The van der Waals surface area contributed by atoms with Crippen molar-refractivity contribution in [1.29, 1.82) is 0 Å². The third-order valence-electron chi connectivity index (χ3n) is 5.07. The van der Waals surface area contributed by atoms with Crippen LogP contribution in [0.3, 0.4) is 0 Å². The first-order valence-electron chi connectivity index (χ1n) is 9.86. The average molecular weight is 473 g/mol. The van der Waals surface area contributed by atoms with Crippen molar-refractivity contribution in [1.82, 2.24) is 15.8 Å². The molecule has 0 unspecified atom stereocenters. The Labute approximate surface area is 184 Å². The third kappa shape index (κ3) is 6.06. The summed E-state index contributed by atoms with van der Waals surface area (Å²) in [7, 11) is 0. The molecule has 0 saturated carbocycles. The number of halogens is 1. The molecule has 2 aromatic rings. The highest BCUT2D eigenvalue weighted by molar-refractivity contribution is 9.10. The van der Waals surface area contributed by atoms with Crippen LogP contribution in [-0.4, -0.2) is 42.3 Å². The molecular formula is C22H25BrN4O3. The standard InChI is InChI=1S/C22H25BrN4O3/c1-15-2-8-19(9-3-15)24-14-20(28)25-26-21(29)16-10-12-27(13-11-16)22(30)17-4-6-18(23)7-5-17/h2-9,16,24H,10-14H2,1H3,(H,25,28)(H,26,29). The molecule has 0 spiro atoms. The van der Waals surface area contributed by atoms with E-state index in [1.165, 1.54) is 0 Å². The van der Waals surface area contributed by atoms with Crippen LogP contribution in [0.1, 0.15) is 28.8 Å². The van der Waals surface area contributed by atoms with Gasteiger partial charge in [-0.1, -0.05) is 33.6 Å². The second-order valence-corrected chi connectivity index (χ2v) is 8.25. The van der Waals surface area contributed by atoms with Gasteiger partial charge in [0.2, 0.25) is 5.91 Å². The van der Waals surface area contributed by atoms with Crippen molar-refractivity contribution in [2.45, 2.75) is 19.8 Å². The number of nitrogens with zero attached hydrogens (tertiary/aromatic N) is 1. The number of hydrogen-bond acceptors (Lipinski definition) is 4. The lowest BCUT2D eigenvalue weighted by Crippen LogP contribution is -2.49. The zero-order valence-corrected chi connectivity index (χ0v) is 18.4. The van der Waals surface area contributed by atoms with Crippen LogP contribution >= 0.6 is 15.9 Å². The summed E-state index contributed by atoms with van der Waals surface area (Å²) >= 11 is 3.36. The lowest BCUT2D eigenvalue weighted by atomic mass is 9.95. The summed E-state index contributed by atoms with van der Waals surface area (Å²) in [5.74, 6) is -0.817. The maximum atomic E-state index is 12.6. The first-order chi connectivity index (χ1) is 14.4. The van der Waals surface area contributed by atoms with Gasteiger partial charge in [0.05, 0.1) is 6.54 Å². The summed E-state index contributed by atoms with van der Waals surface area (Å²) in [6.07, 6.45) is 1.12. The van der Waals surface area contributed by atoms with E-state index in [9.17, 15) is 14.4 Å². The quantitative estimate of drug-likeness (QED) is 0.583. The molecule has 2 aromatic carbocycles. The highest BCUT2D eigenvalue weighted by Gasteiger charge is 2.28. The molecule has 1 fully saturated rings. The Hall–Kier alpha value is -2.87. The molecule has 3 amide bonds. The van der Waals surface area contributed by atoms with Crippen molar-refractivity contribution >= 4 is 39.3 Å². The molecule has 0 bridgehead atoms. The molecule has 0 aliphatic carbocycles. The molecule has 0 atom stereocenters. The minimum atomic E-state index is -0.327. The lowest BCUT2D eigenvalue weighted by Gasteiger charge is -2.31.